The Morgan fingerprint density at radius 1 is 1.35 bits per heavy atom. The van der Waals surface area contributed by atoms with Crippen molar-refractivity contribution in [3.8, 4) is 0 Å². The van der Waals surface area contributed by atoms with Crippen LogP contribution in [0.25, 0.3) is 0 Å². The molecule has 1 unspecified atom stereocenters. The van der Waals surface area contributed by atoms with Crippen molar-refractivity contribution in [1.82, 2.24) is 5.32 Å². The van der Waals surface area contributed by atoms with Crippen molar-refractivity contribution < 1.29 is 4.79 Å². The van der Waals surface area contributed by atoms with Gasteiger partial charge in [0.25, 0.3) is 0 Å². The third kappa shape index (κ3) is 5.22. The van der Waals surface area contributed by atoms with E-state index in [9.17, 15) is 4.79 Å². The van der Waals surface area contributed by atoms with Crippen LogP contribution in [-0.4, -0.2) is 11.9 Å². The molecule has 1 aromatic carbocycles. The molecule has 3 heteroatoms. The summed E-state index contributed by atoms with van der Waals surface area (Å²) in [7, 11) is 0. The van der Waals surface area contributed by atoms with Crippen LogP contribution in [0.15, 0.2) is 24.3 Å². The number of benzene rings is 1. The predicted molar refractivity (Wildman–Crippen MR) is 72.2 cm³/mol. The number of halogens is 1. The van der Waals surface area contributed by atoms with Crippen LogP contribution in [0.2, 0.25) is 5.02 Å². The van der Waals surface area contributed by atoms with Gasteiger partial charge in [0, 0.05) is 17.5 Å². The smallest absolute Gasteiger partial charge is 0.220 e. The van der Waals surface area contributed by atoms with Gasteiger partial charge in [-0.1, -0.05) is 37.6 Å². The number of aryl methyl sites for hydroxylation is 1. The highest BCUT2D eigenvalue weighted by atomic mass is 35.5. The number of carbonyl (C=O) groups excluding carboxylic acids is 1. The van der Waals surface area contributed by atoms with E-state index in [0.29, 0.717) is 12.3 Å². The predicted octanol–water partition coefficient (Wildman–Crippen LogP) is 3.43. The van der Waals surface area contributed by atoms with Gasteiger partial charge < -0.3 is 5.32 Å². The minimum atomic E-state index is 0.103. The molecule has 0 aliphatic rings. The van der Waals surface area contributed by atoms with Gasteiger partial charge in [-0.05, 0) is 37.0 Å². The van der Waals surface area contributed by atoms with Crippen LogP contribution in [-0.2, 0) is 11.2 Å². The Bertz CT molecular complexity index is 376. The molecule has 0 saturated carbocycles. The largest absolute Gasteiger partial charge is 0.353 e. The maximum Gasteiger partial charge on any atom is 0.220 e. The number of hydrogen-bond acceptors (Lipinski definition) is 1. The summed E-state index contributed by atoms with van der Waals surface area (Å²) in [4.78, 5) is 11.7. The van der Waals surface area contributed by atoms with Crippen molar-refractivity contribution >= 4 is 17.5 Å². The van der Waals surface area contributed by atoms with Crippen LogP contribution in [0, 0.1) is 5.92 Å². The molecule has 17 heavy (non-hydrogen) atoms. The molecule has 0 saturated heterocycles. The molecule has 1 atom stereocenters. The van der Waals surface area contributed by atoms with Crippen LogP contribution in [0.5, 0.6) is 0 Å². The van der Waals surface area contributed by atoms with Gasteiger partial charge in [0.2, 0.25) is 5.91 Å². The van der Waals surface area contributed by atoms with E-state index in [1.54, 1.807) is 0 Å². The maximum atomic E-state index is 11.7. The molecule has 1 amide bonds. The highest BCUT2D eigenvalue weighted by Crippen LogP contribution is 2.12. The molecule has 1 N–H and O–H groups in total. The van der Waals surface area contributed by atoms with E-state index in [0.717, 1.165) is 17.0 Å². The second kappa shape index (κ2) is 6.65. The van der Waals surface area contributed by atoms with Gasteiger partial charge >= 0.3 is 0 Å². The quantitative estimate of drug-likeness (QED) is 0.856. The first kappa shape index (κ1) is 14.0. The lowest BCUT2D eigenvalue weighted by molar-refractivity contribution is -0.121. The van der Waals surface area contributed by atoms with Gasteiger partial charge in [0.1, 0.15) is 0 Å². The van der Waals surface area contributed by atoms with Crippen LogP contribution in [0.1, 0.15) is 32.8 Å². The molecule has 0 radical (unpaired) electrons. The zero-order valence-electron chi connectivity index (χ0n) is 10.7. The fraction of sp³-hybridized carbons (Fsp3) is 0.500. The second-order valence-electron chi connectivity index (χ2n) is 4.73. The lowest BCUT2D eigenvalue weighted by Crippen LogP contribution is -2.36. The average Bonchev–Trinajstić information content (AvgIpc) is 2.26. The van der Waals surface area contributed by atoms with E-state index in [1.165, 1.54) is 0 Å². The Hall–Kier alpha value is -1.02. The Morgan fingerprint density at radius 2 is 2.06 bits per heavy atom. The zero-order valence-corrected chi connectivity index (χ0v) is 11.4. The van der Waals surface area contributed by atoms with Gasteiger partial charge in [-0.25, -0.2) is 0 Å². The number of hydrogen-bond donors (Lipinski definition) is 1. The second-order valence-corrected chi connectivity index (χ2v) is 5.17. The van der Waals surface area contributed by atoms with Gasteiger partial charge in [-0.3, -0.25) is 4.79 Å². The van der Waals surface area contributed by atoms with E-state index in [2.05, 4.69) is 19.2 Å². The maximum absolute atomic E-state index is 11.7. The fourth-order valence-corrected chi connectivity index (χ4v) is 1.66. The van der Waals surface area contributed by atoms with Gasteiger partial charge in [0.05, 0.1) is 0 Å². The minimum Gasteiger partial charge on any atom is -0.353 e. The normalized spacial score (nSPS) is 12.5. The van der Waals surface area contributed by atoms with E-state index >= 15 is 0 Å². The standard InChI is InChI=1S/C14H20ClNO/c1-10(2)11(3)16-14(17)8-7-12-5-4-6-13(15)9-12/h4-6,9-11H,7-8H2,1-3H3,(H,16,17). The van der Waals surface area contributed by atoms with E-state index < -0.39 is 0 Å². The SMILES string of the molecule is CC(C)C(C)NC(=O)CCc1cccc(Cl)c1. The average molecular weight is 254 g/mol. The molecule has 0 aromatic heterocycles. The Labute approximate surface area is 108 Å². The van der Waals surface area contributed by atoms with Gasteiger partial charge in [0.15, 0.2) is 0 Å². The molecule has 0 bridgehead atoms. The summed E-state index contributed by atoms with van der Waals surface area (Å²) >= 11 is 5.89. The van der Waals surface area contributed by atoms with Crippen molar-refractivity contribution in [2.45, 2.75) is 39.7 Å². The number of nitrogens with one attached hydrogen (secondary N) is 1. The minimum absolute atomic E-state index is 0.103. The molecule has 0 spiro atoms. The topological polar surface area (TPSA) is 29.1 Å². The summed E-state index contributed by atoms with van der Waals surface area (Å²) < 4.78 is 0. The summed E-state index contributed by atoms with van der Waals surface area (Å²) in [5.41, 5.74) is 1.10. The molecule has 1 rings (SSSR count). The number of carbonyl (C=O) groups is 1. The highest BCUT2D eigenvalue weighted by molar-refractivity contribution is 6.30. The third-order valence-electron chi connectivity index (χ3n) is 2.92. The number of rotatable bonds is 5. The zero-order chi connectivity index (χ0) is 12.8. The van der Waals surface area contributed by atoms with Gasteiger partial charge in [-0.15, -0.1) is 0 Å². The monoisotopic (exact) mass is 253 g/mol. The van der Waals surface area contributed by atoms with Crippen molar-refractivity contribution in [3.63, 3.8) is 0 Å². The first-order valence-corrected chi connectivity index (χ1v) is 6.40. The highest BCUT2D eigenvalue weighted by Gasteiger charge is 2.10. The summed E-state index contributed by atoms with van der Waals surface area (Å²) in [5.74, 6) is 0.566. The number of amides is 1. The van der Waals surface area contributed by atoms with Gasteiger partial charge in [-0.2, -0.15) is 0 Å². The lowest BCUT2D eigenvalue weighted by Gasteiger charge is -2.17. The van der Waals surface area contributed by atoms with Crippen LogP contribution < -0.4 is 5.32 Å². The Morgan fingerprint density at radius 3 is 2.65 bits per heavy atom. The Balaban J connectivity index is 2.38. The molecule has 1 aromatic rings. The molecule has 94 valence electrons. The molecule has 0 aliphatic carbocycles. The lowest BCUT2D eigenvalue weighted by atomic mass is 10.1. The van der Waals surface area contributed by atoms with Crippen LogP contribution >= 0.6 is 11.6 Å². The third-order valence-corrected chi connectivity index (χ3v) is 3.15. The Kier molecular flexibility index (Phi) is 5.49. The first-order valence-electron chi connectivity index (χ1n) is 6.03. The van der Waals surface area contributed by atoms with E-state index in [-0.39, 0.29) is 11.9 Å². The van der Waals surface area contributed by atoms with Crippen molar-refractivity contribution in [2.24, 2.45) is 5.92 Å². The molecular formula is C14H20ClNO. The van der Waals surface area contributed by atoms with Crippen molar-refractivity contribution in [2.75, 3.05) is 0 Å². The summed E-state index contributed by atoms with van der Waals surface area (Å²) in [5, 5.41) is 3.71. The fourth-order valence-electron chi connectivity index (χ4n) is 1.44. The van der Waals surface area contributed by atoms with E-state index in [1.807, 2.05) is 31.2 Å². The van der Waals surface area contributed by atoms with Crippen LogP contribution in [0.4, 0.5) is 0 Å². The molecular weight excluding hydrogens is 234 g/mol. The molecule has 2 nitrogen and oxygen atoms in total. The summed E-state index contributed by atoms with van der Waals surface area (Å²) in [6, 6.07) is 7.87. The molecule has 0 fully saturated rings. The molecule has 0 heterocycles. The van der Waals surface area contributed by atoms with E-state index in [4.69, 9.17) is 11.6 Å². The first-order chi connectivity index (χ1) is 7.99. The van der Waals surface area contributed by atoms with Crippen molar-refractivity contribution in [3.05, 3.63) is 34.9 Å². The molecule has 0 aliphatic heterocycles. The van der Waals surface area contributed by atoms with Crippen LogP contribution in [0.3, 0.4) is 0 Å². The van der Waals surface area contributed by atoms with Crippen molar-refractivity contribution in [1.29, 1.82) is 0 Å². The summed E-state index contributed by atoms with van der Waals surface area (Å²) in [6.07, 6.45) is 1.24. The summed E-state index contributed by atoms with van der Waals surface area (Å²) in [6.45, 7) is 6.23.